The molecule has 0 saturated carbocycles. The first kappa shape index (κ1) is 27.3. The topological polar surface area (TPSA) is 95.6 Å². The van der Waals surface area contributed by atoms with E-state index in [0.29, 0.717) is 11.1 Å². The fourth-order valence-electron chi connectivity index (χ4n) is 3.06. The molecule has 0 aromatic heterocycles. The Morgan fingerprint density at radius 1 is 1.00 bits per heavy atom. The van der Waals surface area contributed by atoms with Crippen molar-refractivity contribution in [1.29, 1.82) is 0 Å². The number of amides is 2. The molecule has 0 heterocycles. The molecule has 0 radical (unpaired) electrons. The molecule has 11 heteroatoms. The molecule has 2 N–H and O–H groups in total. The second kappa shape index (κ2) is 10.1. The van der Waals surface area contributed by atoms with E-state index in [0.717, 1.165) is 0 Å². The molecule has 0 unspecified atom stereocenters. The molecule has 0 spiro atoms. The quantitative estimate of drug-likeness (QED) is 0.608. The largest absolute Gasteiger partial charge is 0.405 e. The lowest BCUT2D eigenvalue weighted by molar-refractivity contribution is -0.123. The van der Waals surface area contributed by atoms with Crippen LogP contribution in [0, 0.1) is 6.92 Å². The number of nitrogens with one attached hydrogen (secondary N) is 2. The first-order chi connectivity index (χ1) is 15.5. The lowest BCUT2D eigenvalue weighted by Gasteiger charge is -2.22. The number of aryl methyl sites for hydroxylation is 1. The van der Waals surface area contributed by atoms with Crippen LogP contribution in [0.1, 0.15) is 52.6 Å². The highest BCUT2D eigenvalue weighted by Gasteiger charge is 2.28. The molecular formula is C23H28F3N3O4S. The summed E-state index contributed by atoms with van der Waals surface area (Å²) in [4.78, 5) is 26.2. The van der Waals surface area contributed by atoms with Gasteiger partial charge in [-0.05, 0) is 63.1 Å². The van der Waals surface area contributed by atoms with Crippen LogP contribution in [-0.4, -0.2) is 50.4 Å². The van der Waals surface area contributed by atoms with Gasteiger partial charge in [-0.3, -0.25) is 9.59 Å². The van der Waals surface area contributed by atoms with Crippen molar-refractivity contribution in [3.05, 3.63) is 64.7 Å². The van der Waals surface area contributed by atoms with Crippen molar-refractivity contribution in [1.82, 2.24) is 14.9 Å². The molecule has 34 heavy (non-hydrogen) atoms. The maximum Gasteiger partial charge on any atom is 0.405 e. The van der Waals surface area contributed by atoms with Crippen molar-refractivity contribution < 1.29 is 31.2 Å². The predicted octanol–water partition coefficient (Wildman–Crippen LogP) is 3.64. The van der Waals surface area contributed by atoms with Gasteiger partial charge in [0.15, 0.2) is 0 Å². The number of hydrogen-bond donors (Lipinski definition) is 2. The number of sulfonamides is 1. The highest BCUT2D eigenvalue weighted by molar-refractivity contribution is 7.89. The number of hydrogen-bond acceptors (Lipinski definition) is 4. The van der Waals surface area contributed by atoms with Gasteiger partial charge in [-0.15, -0.1) is 0 Å². The molecule has 0 atom stereocenters. The van der Waals surface area contributed by atoms with E-state index < -0.39 is 40.1 Å². The Bertz CT molecular complexity index is 1160. The van der Waals surface area contributed by atoms with Crippen LogP contribution in [0.4, 0.5) is 13.2 Å². The van der Waals surface area contributed by atoms with Crippen molar-refractivity contribution in [2.45, 2.75) is 50.9 Å². The van der Waals surface area contributed by atoms with E-state index in [1.54, 1.807) is 46.1 Å². The number of carbonyl (C=O) groups is 2. The number of rotatable bonds is 7. The van der Waals surface area contributed by atoms with Crippen molar-refractivity contribution in [2.24, 2.45) is 0 Å². The Hall–Kier alpha value is -2.92. The Labute approximate surface area is 197 Å². The molecule has 186 valence electrons. The summed E-state index contributed by atoms with van der Waals surface area (Å²) in [6, 6.07) is 10.1. The zero-order valence-electron chi connectivity index (χ0n) is 19.6. The zero-order chi connectivity index (χ0) is 25.9. The molecule has 0 aliphatic carbocycles. The number of halogens is 3. The van der Waals surface area contributed by atoms with E-state index in [1.807, 2.05) is 0 Å². The molecular weight excluding hydrogens is 471 g/mol. The van der Waals surface area contributed by atoms with Crippen LogP contribution in [-0.2, 0) is 16.6 Å². The van der Waals surface area contributed by atoms with Gasteiger partial charge in [0.1, 0.15) is 6.54 Å². The molecule has 7 nitrogen and oxygen atoms in total. The van der Waals surface area contributed by atoms with Gasteiger partial charge in [-0.1, -0.05) is 18.2 Å². The Kier molecular flexibility index (Phi) is 8.15. The third-order valence-electron chi connectivity index (χ3n) is 4.62. The maximum absolute atomic E-state index is 13.0. The number of benzene rings is 2. The molecule has 2 aromatic rings. The minimum absolute atomic E-state index is 0.0287. The summed E-state index contributed by atoms with van der Waals surface area (Å²) in [5, 5.41) is 1.79. The SMILES string of the molecule is Cc1ccc(S(=O)(=O)NC(C)(C)C)cc1C(=O)N(C)Cc1ccc(C(=O)NCC(F)(F)F)cc1. The number of alkyl halides is 3. The van der Waals surface area contributed by atoms with E-state index >= 15 is 0 Å². The Morgan fingerprint density at radius 2 is 1.59 bits per heavy atom. The van der Waals surface area contributed by atoms with Gasteiger partial charge in [-0.25, -0.2) is 13.1 Å². The summed E-state index contributed by atoms with van der Waals surface area (Å²) in [7, 11) is -2.29. The van der Waals surface area contributed by atoms with Crippen LogP contribution < -0.4 is 10.0 Å². The summed E-state index contributed by atoms with van der Waals surface area (Å²) in [5.41, 5.74) is 0.826. The van der Waals surface area contributed by atoms with Gasteiger partial charge < -0.3 is 10.2 Å². The van der Waals surface area contributed by atoms with Crippen LogP contribution in [0.3, 0.4) is 0 Å². The second-order valence-electron chi connectivity index (χ2n) is 8.99. The third-order valence-corrected chi connectivity index (χ3v) is 6.38. The van der Waals surface area contributed by atoms with Gasteiger partial charge in [-0.2, -0.15) is 13.2 Å². The molecule has 0 fully saturated rings. The Balaban J connectivity index is 2.15. The van der Waals surface area contributed by atoms with Crippen molar-refractivity contribution in [3.8, 4) is 0 Å². The van der Waals surface area contributed by atoms with E-state index in [2.05, 4.69) is 4.72 Å². The highest BCUT2D eigenvalue weighted by atomic mass is 32.2. The summed E-state index contributed by atoms with van der Waals surface area (Å²) >= 11 is 0. The first-order valence-electron chi connectivity index (χ1n) is 10.3. The summed E-state index contributed by atoms with van der Waals surface area (Å²) in [6.07, 6.45) is -4.50. The standard InChI is InChI=1S/C23H28F3N3O4S/c1-15-6-11-18(34(32,33)28-22(2,3)4)12-19(15)21(31)29(5)13-16-7-9-17(10-8-16)20(30)27-14-23(24,25)26/h6-12,28H,13-14H2,1-5H3,(H,27,30). The lowest BCUT2D eigenvalue weighted by Crippen LogP contribution is -2.40. The van der Waals surface area contributed by atoms with Crippen molar-refractivity contribution in [2.75, 3.05) is 13.6 Å². The van der Waals surface area contributed by atoms with Crippen LogP contribution in [0.5, 0.6) is 0 Å². The predicted molar refractivity (Wildman–Crippen MR) is 122 cm³/mol. The molecule has 0 aliphatic rings. The normalized spacial score (nSPS) is 12.4. The summed E-state index contributed by atoms with van der Waals surface area (Å²) in [6.45, 7) is 5.55. The molecule has 2 amide bonds. The fraction of sp³-hybridized carbons (Fsp3) is 0.391. The van der Waals surface area contributed by atoms with Crippen LogP contribution >= 0.6 is 0 Å². The minimum Gasteiger partial charge on any atom is -0.343 e. The highest BCUT2D eigenvalue weighted by Crippen LogP contribution is 2.20. The van der Waals surface area contributed by atoms with E-state index in [4.69, 9.17) is 0 Å². The summed E-state index contributed by atoms with van der Waals surface area (Å²) in [5.74, 6) is -1.26. The molecule has 0 aliphatic heterocycles. The van der Waals surface area contributed by atoms with Crippen LogP contribution in [0.2, 0.25) is 0 Å². The monoisotopic (exact) mass is 499 g/mol. The fourth-order valence-corrected chi connectivity index (χ4v) is 4.50. The van der Waals surface area contributed by atoms with Gasteiger partial charge in [0, 0.05) is 30.3 Å². The third kappa shape index (κ3) is 7.84. The van der Waals surface area contributed by atoms with E-state index in [-0.39, 0.29) is 22.6 Å². The van der Waals surface area contributed by atoms with Crippen molar-refractivity contribution >= 4 is 21.8 Å². The number of carbonyl (C=O) groups excluding carboxylic acids is 2. The van der Waals surface area contributed by atoms with Gasteiger partial charge in [0.2, 0.25) is 10.0 Å². The molecule has 2 aromatic carbocycles. The molecule has 0 saturated heterocycles. The Morgan fingerprint density at radius 3 is 2.12 bits per heavy atom. The van der Waals surface area contributed by atoms with E-state index in [1.165, 1.54) is 41.3 Å². The van der Waals surface area contributed by atoms with E-state index in [9.17, 15) is 31.2 Å². The average molecular weight is 500 g/mol. The maximum atomic E-state index is 13.0. The van der Waals surface area contributed by atoms with Crippen LogP contribution in [0.15, 0.2) is 47.4 Å². The summed E-state index contributed by atoms with van der Waals surface area (Å²) < 4.78 is 64.6. The molecule has 0 bridgehead atoms. The average Bonchev–Trinajstić information content (AvgIpc) is 2.70. The minimum atomic E-state index is -4.50. The lowest BCUT2D eigenvalue weighted by atomic mass is 10.1. The smallest absolute Gasteiger partial charge is 0.343 e. The first-order valence-corrected chi connectivity index (χ1v) is 11.8. The van der Waals surface area contributed by atoms with Gasteiger partial charge in [0.05, 0.1) is 4.90 Å². The molecule has 2 rings (SSSR count). The number of nitrogens with zero attached hydrogens (tertiary/aromatic N) is 1. The zero-order valence-corrected chi connectivity index (χ0v) is 20.4. The second-order valence-corrected chi connectivity index (χ2v) is 10.7. The van der Waals surface area contributed by atoms with Crippen molar-refractivity contribution in [3.63, 3.8) is 0 Å². The van der Waals surface area contributed by atoms with Gasteiger partial charge >= 0.3 is 6.18 Å². The van der Waals surface area contributed by atoms with Crippen LogP contribution in [0.25, 0.3) is 0 Å². The van der Waals surface area contributed by atoms with Gasteiger partial charge in [0.25, 0.3) is 11.8 Å².